The summed E-state index contributed by atoms with van der Waals surface area (Å²) >= 11 is 0. The second kappa shape index (κ2) is 14.6. The van der Waals surface area contributed by atoms with Gasteiger partial charge in [-0.2, -0.15) is 0 Å². The molecule has 0 rings (SSSR count). The number of carbonyl (C=O) groups is 2. The van der Waals surface area contributed by atoms with Crippen LogP contribution < -0.4 is 10.6 Å². The van der Waals surface area contributed by atoms with E-state index in [0.29, 0.717) is 0 Å². The van der Waals surface area contributed by atoms with Crippen molar-refractivity contribution in [2.24, 2.45) is 5.92 Å². The molecule has 0 atom stereocenters. The van der Waals surface area contributed by atoms with Crippen LogP contribution in [0.15, 0.2) is 12.3 Å². The first-order chi connectivity index (χ1) is 11.1. The van der Waals surface area contributed by atoms with Gasteiger partial charge in [0.1, 0.15) is 12.1 Å². The molecule has 2 amide bonds. The zero-order valence-electron chi connectivity index (χ0n) is 16.3. The SMILES string of the molecule is CC#CCCC/C=C\NC(=O)CNC(=O)OC(C)(C)C.CC(C)C. The molecule has 0 heterocycles. The Labute approximate surface area is 147 Å². The van der Waals surface area contributed by atoms with E-state index in [4.69, 9.17) is 4.74 Å². The van der Waals surface area contributed by atoms with E-state index in [1.165, 1.54) is 0 Å². The molecular weight excluding hydrogens is 304 g/mol. The Hall–Kier alpha value is -1.96. The molecule has 0 aliphatic rings. The van der Waals surface area contributed by atoms with Crippen LogP contribution in [-0.4, -0.2) is 24.1 Å². The third-order valence-corrected chi connectivity index (χ3v) is 2.00. The quantitative estimate of drug-likeness (QED) is 0.568. The summed E-state index contributed by atoms with van der Waals surface area (Å²) in [6.45, 7) is 13.5. The number of rotatable bonds is 6. The van der Waals surface area contributed by atoms with Gasteiger partial charge in [0.2, 0.25) is 5.91 Å². The average molecular weight is 338 g/mol. The van der Waals surface area contributed by atoms with E-state index >= 15 is 0 Å². The van der Waals surface area contributed by atoms with Crippen LogP contribution >= 0.6 is 0 Å². The van der Waals surface area contributed by atoms with Crippen LogP contribution in [0.2, 0.25) is 0 Å². The standard InChI is InChI=1S/C15H24N2O3.C4H10/c1-5-6-7-8-9-10-11-16-13(18)12-17-14(19)20-15(2,3)4;1-4(2)3/h10-11H,7-9,12H2,1-4H3,(H,16,18)(H,17,19);4H,1-3H3/b11-10-;. The van der Waals surface area contributed by atoms with E-state index in [-0.39, 0.29) is 12.5 Å². The highest BCUT2D eigenvalue weighted by Crippen LogP contribution is 2.05. The van der Waals surface area contributed by atoms with E-state index < -0.39 is 11.7 Å². The van der Waals surface area contributed by atoms with Crippen LogP contribution in [-0.2, 0) is 9.53 Å². The van der Waals surface area contributed by atoms with Crippen molar-refractivity contribution >= 4 is 12.0 Å². The lowest BCUT2D eigenvalue weighted by Crippen LogP contribution is -2.38. The highest BCUT2D eigenvalue weighted by molar-refractivity contribution is 5.82. The predicted molar refractivity (Wildman–Crippen MR) is 99.3 cm³/mol. The molecule has 0 aromatic rings. The number of unbranched alkanes of at least 4 members (excludes halogenated alkanes) is 2. The number of allylic oxidation sites excluding steroid dienone is 1. The maximum Gasteiger partial charge on any atom is 0.408 e. The molecule has 5 heteroatoms. The molecule has 0 saturated carbocycles. The summed E-state index contributed by atoms with van der Waals surface area (Å²) in [7, 11) is 0. The maximum absolute atomic E-state index is 11.4. The van der Waals surface area contributed by atoms with Gasteiger partial charge in [-0.3, -0.25) is 4.79 Å². The molecule has 0 aromatic heterocycles. The van der Waals surface area contributed by atoms with Crippen molar-refractivity contribution < 1.29 is 14.3 Å². The van der Waals surface area contributed by atoms with Gasteiger partial charge >= 0.3 is 6.09 Å². The number of amides is 2. The maximum atomic E-state index is 11.4. The Kier molecular flexibility index (Phi) is 14.8. The van der Waals surface area contributed by atoms with Gasteiger partial charge in [0.05, 0.1) is 0 Å². The van der Waals surface area contributed by atoms with Crippen molar-refractivity contribution in [3.8, 4) is 11.8 Å². The Bertz CT molecular complexity index is 435. The minimum absolute atomic E-state index is 0.111. The molecule has 0 aromatic carbocycles. The second-order valence-corrected chi connectivity index (χ2v) is 6.88. The summed E-state index contributed by atoms with van der Waals surface area (Å²) in [5.41, 5.74) is -0.568. The lowest BCUT2D eigenvalue weighted by Gasteiger charge is -2.19. The number of carbonyl (C=O) groups excluding carboxylic acids is 2. The van der Waals surface area contributed by atoms with Crippen molar-refractivity contribution in [2.75, 3.05) is 6.54 Å². The van der Waals surface area contributed by atoms with Gasteiger partial charge < -0.3 is 15.4 Å². The highest BCUT2D eigenvalue weighted by Gasteiger charge is 2.16. The molecule has 138 valence electrons. The van der Waals surface area contributed by atoms with Gasteiger partial charge in [-0.1, -0.05) is 26.8 Å². The molecule has 0 unspecified atom stereocenters. The first-order valence-corrected chi connectivity index (χ1v) is 8.39. The van der Waals surface area contributed by atoms with Crippen LogP contribution in [0, 0.1) is 17.8 Å². The third kappa shape index (κ3) is 25.0. The molecule has 0 fully saturated rings. The van der Waals surface area contributed by atoms with Gasteiger partial charge in [0.25, 0.3) is 0 Å². The molecule has 0 radical (unpaired) electrons. The monoisotopic (exact) mass is 338 g/mol. The lowest BCUT2D eigenvalue weighted by molar-refractivity contribution is -0.119. The summed E-state index contributed by atoms with van der Waals surface area (Å²) in [5.74, 6) is 6.33. The Balaban J connectivity index is 0. The summed E-state index contributed by atoms with van der Waals surface area (Å²) < 4.78 is 5.01. The summed E-state index contributed by atoms with van der Waals surface area (Å²) in [6.07, 6.45) is 5.52. The van der Waals surface area contributed by atoms with E-state index in [0.717, 1.165) is 25.2 Å². The van der Waals surface area contributed by atoms with Crippen molar-refractivity contribution in [3.05, 3.63) is 12.3 Å². The average Bonchev–Trinajstić information content (AvgIpc) is 2.42. The zero-order valence-corrected chi connectivity index (χ0v) is 16.3. The fourth-order valence-corrected chi connectivity index (χ4v) is 1.19. The van der Waals surface area contributed by atoms with Crippen molar-refractivity contribution in [1.82, 2.24) is 10.6 Å². The van der Waals surface area contributed by atoms with Crippen molar-refractivity contribution in [2.45, 2.75) is 73.3 Å². The summed E-state index contributed by atoms with van der Waals surface area (Å²) in [4.78, 5) is 22.7. The van der Waals surface area contributed by atoms with Crippen LogP contribution in [0.4, 0.5) is 4.79 Å². The minimum atomic E-state index is -0.602. The lowest BCUT2D eigenvalue weighted by atomic mass is 10.2. The zero-order chi connectivity index (χ0) is 19.0. The molecule has 0 aliphatic carbocycles. The Morgan fingerprint density at radius 2 is 1.79 bits per heavy atom. The van der Waals surface area contributed by atoms with Crippen LogP contribution in [0.25, 0.3) is 0 Å². The molecule has 0 saturated heterocycles. The minimum Gasteiger partial charge on any atom is -0.444 e. The van der Waals surface area contributed by atoms with E-state index in [9.17, 15) is 9.59 Å². The number of hydrogen-bond donors (Lipinski definition) is 2. The van der Waals surface area contributed by atoms with E-state index in [2.05, 4.69) is 43.2 Å². The largest absolute Gasteiger partial charge is 0.444 e. The topological polar surface area (TPSA) is 67.4 Å². The summed E-state index contributed by atoms with van der Waals surface area (Å²) in [6, 6.07) is 0. The van der Waals surface area contributed by atoms with E-state index in [1.54, 1.807) is 27.0 Å². The normalized spacial score (nSPS) is 10.3. The van der Waals surface area contributed by atoms with Gasteiger partial charge in [-0.05, 0) is 52.7 Å². The van der Waals surface area contributed by atoms with E-state index in [1.807, 2.05) is 13.0 Å². The molecule has 0 bridgehead atoms. The van der Waals surface area contributed by atoms with Gasteiger partial charge in [-0.15, -0.1) is 11.8 Å². The fourth-order valence-electron chi connectivity index (χ4n) is 1.19. The molecule has 0 aliphatic heterocycles. The van der Waals surface area contributed by atoms with Gasteiger partial charge in [-0.25, -0.2) is 4.79 Å². The Morgan fingerprint density at radius 3 is 2.29 bits per heavy atom. The van der Waals surface area contributed by atoms with Crippen molar-refractivity contribution in [1.29, 1.82) is 0 Å². The first kappa shape index (κ1) is 24.3. The molecular formula is C19H34N2O3. The highest BCUT2D eigenvalue weighted by atomic mass is 16.6. The smallest absolute Gasteiger partial charge is 0.408 e. The number of alkyl carbamates (subject to hydrolysis) is 1. The van der Waals surface area contributed by atoms with Crippen molar-refractivity contribution in [3.63, 3.8) is 0 Å². The fraction of sp³-hybridized carbons (Fsp3) is 0.684. The number of hydrogen-bond acceptors (Lipinski definition) is 3. The van der Waals surface area contributed by atoms with Crippen LogP contribution in [0.5, 0.6) is 0 Å². The number of nitrogens with one attached hydrogen (secondary N) is 2. The molecule has 0 spiro atoms. The third-order valence-electron chi connectivity index (χ3n) is 2.00. The molecule has 24 heavy (non-hydrogen) atoms. The second-order valence-electron chi connectivity index (χ2n) is 6.88. The molecule has 5 nitrogen and oxygen atoms in total. The van der Waals surface area contributed by atoms with Crippen LogP contribution in [0.1, 0.15) is 67.7 Å². The number of ether oxygens (including phenoxy) is 1. The predicted octanol–water partition coefficient (Wildman–Crippen LogP) is 4.00. The molecule has 2 N–H and O–H groups in total. The first-order valence-electron chi connectivity index (χ1n) is 8.39. The van der Waals surface area contributed by atoms with Gasteiger partial charge in [0.15, 0.2) is 0 Å². The van der Waals surface area contributed by atoms with Gasteiger partial charge in [0, 0.05) is 6.42 Å². The Morgan fingerprint density at radius 1 is 1.21 bits per heavy atom. The van der Waals surface area contributed by atoms with Crippen LogP contribution in [0.3, 0.4) is 0 Å². The summed E-state index contributed by atoms with van der Waals surface area (Å²) in [5, 5.41) is 4.95.